The molecule has 3 aromatic rings. The Morgan fingerprint density at radius 2 is 2.05 bits per heavy atom. The van der Waals surface area contributed by atoms with Crippen molar-refractivity contribution in [2.75, 3.05) is 6.54 Å². The third-order valence-electron chi connectivity index (χ3n) is 4.00. The van der Waals surface area contributed by atoms with Gasteiger partial charge in [0.2, 0.25) is 0 Å². The Morgan fingerprint density at radius 1 is 1.18 bits per heavy atom. The molecule has 0 fully saturated rings. The van der Waals surface area contributed by atoms with E-state index in [0.717, 1.165) is 13.0 Å². The molecule has 0 spiro atoms. The van der Waals surface area contributed by atoms with Gasteiger partial charge in [-0.25, -0.2) is 0 Å². The van der Waals surface area contributed by atoms with Gasteiger partial charge in [-0.2, -0.15) is 5.10 Å². The molecule has 0 atom stereocenters. The molecular formula is C17H15N3O2. The fraction of sp³-hybridized carbons (Fsp3) is 0.176. The van der Waals surface area contributed by atoms with Crippen molar-refractivity contribution in [1.82, 2.24) is 15.1 Å². The van der Waals surface area contributed by atoms with E-state index in [-0.39, 0.29) is 5.91 Å². The summed E-state index contributed by atoms with van der Waals surface area (Å²) in [4.78, 5) is 14.4. The molecule has 0 bridgehead atoms. The third-order valence-corrected chi connectivity index (χ3v) is 4.00. The Kier molecular flexibility index (Phi) is 3.04. The van der Waals surface area contributed by atoms with Gasteiger partial charge in [-0.3, -0.25) is 9.89 Å². The second-order valence-corrected chi connectivity index (χ2v) is 5.39. The van der Waals surface area contributed by atoms with Crippen molar-refractivity contribution >= 4 is 5.91 Å². The zero-order chi connectivity index (χ0) is 14.9. The standard InChI is InChI=1S/C17H15N3O2/c21-17(15-10-14(18-19-15)16-6-3-9-22-16)20-8-7-12-4-1-2-5-13(12)11-20/h1-6,9-10H,7-8,11H2,(H,18,19). The van der Waals surface area contributed by atoms with Gasteiger partial charge in [0, 0.05) is 19.2 Å². The first-order valence-electron chi connectivity index (χ1n) is 7.26. The van der Waals surface area contributed by atoms with Crippen LogP contribution < -0.4 is 0 Å². The van der Waals surface area contributed by atoms with Crippen LogP contribution in [0, 0.1) is 0 Å². The molecule has 0 unspecified atom stereocenters. The van der Waals surface area contributed by atoms with Gasteiger partial charge in [-0.15, -0.1) is 0 Å². The molecule has 110 valence electrons. The molecule has 1 amide bonds. The lowest BCUT2D eigenvalue weighted by molar-refractivity contribution is 0.0728. The van der Waals surface area contributed by atoms with Crippen molar-refractivity contribution in [3.05, 3.63) is 65.5 Å². The quantitative estimate of drug-likeness (QED) is 0.790. The molecule has 1 aromatic carbocycles. The molecule has 1 aliphatic heterocycles. The van der Waals surface area contributed by atoms with E-state index in [1.807, 2.05) is 23.1 Å². The minimum absolute atomic E-state index is 0.0523. The van der Waals surface area contributed by atoms with Crippen LogP contribution in [0.15, 0.2) is 53.1 Å². The molecule has 1 aliphatic rings. The van der Waals surface area contributed by atoms with Crippen molar-refractivity contribution in [1.29, 1.82) is 0 Å². The fourth-order valence-corrected chi connectivity index (χ4v) is 2.82. The van der Waals surface area contributed by atoms with Gasteiger partial charge in [-0.05, 0) is 29.7 Å². The third kappa shape index (κ3) is 2.20. The van der Waals surface area contributed by atoms with E-state index in [2.05, 4.69) is 22.3 Å². The molecule has 5 heteroatoms. The van der Waals surface area contributed by atoms with Crippen LogP contribution in [0.3, 0.4) is 0 Å². The number of amides is 1. The van der Waals surface area contributed by atoms with Crippen LogP contribution in [0.1, 0.15) is 21.6 Å². The van der Waals surface area contributed by atoms with Crippen LogP contribution in [-0.4, -0.2) is 27.5 Å². The largest absolute Gasteiger partial charge is 0.463 e. The number of fused-ring (bicyclic) bond motifs is 1. The molecule has 5 nitrogen and oxygen atoms in total. The van der Waals surface area contributed by atoms with Crippen molar-refractivity contribution in [3.8, 4) is 11.5 Å². The molecule has 2 aromatic heterocycles. The highest BCUT2D eigenvalue weighted by molar-refractivity contribution is 5.93. The number of H-pyrrole nitrogens is 1. The number of hydrogen-bond donors (Lipinski definition) is 1. The monoisotopic (exact) mass is 293 g/mol. The van der Waals surface area contributed by atoms with Crippen molar-refractivity contribution < 1.29 is 9.21 Å². The van der Waals surface area contributed by atoms with Crippen LogP contribution in [0.4, 0.5) is 0 Å². The van der Waals surface area contributed by atoms with E-state index in [0.29, 0.717) is 23.7 Å². The molecule has 22 heavy (non-hydrogen) atoms. The van der Waals surface area contributed by atoms with Crippen LogP contribution in [0.2, 0.25) is 0 Å². The predicted octanol–water partition coefficient (Wildman–Crippen LogP) is 2.87. The topological polar surface area (TPSA) is 62.1 Å². The molecule has 3 heterocycles. The van der Waals surface area contributed by atoms with E-state index < -0.39 is 0 Å². The highest BCUT2D eigenvalue weighted by Gasteiger charge is 2.23. The molecule has 0 radical (unpaired) electrons. The smallest absolute Gasteiger partial charge is 0.274 e. The van der Waals surface area contributed by atoms with Gasteiger partial charge in [0.25, 0.3) is 5.91 Å². The first-order valence-corrected chi connectivity index (χ1v) is 7.26. The summed E-state index contributed by atoms with van der Waals surface area (Å²) < 4.78 is 5.31. The van der Waals surface area contributed by atoms with Crippen LogP contribution in [-0.2, 0) is 13.0 Å². The van der Waals surface area contributed by atoms with Crippen LogP contribution in [0.5, 0.6) is 0 Å². The van der Waals surface area contributed by atoms with E-state index in [1.165, 1.54) is 11.1 Å². The molecule has 1 N–H and O–H groups in total. The molecular weight excluding hydrogens is 278 g/mol. The van der Waals surface area contributed by atoms with Gasteiger partial charge in [0.1, 0.15) is 5.69 Å². The van der Waals surface area contributed by atoms with Crippen LogP contribution >= 0.6 is 0 Å². The van der Waals surface area contributed by atoms with Gasteiger partial charge in [0.15, 0.2) is 11.5 Å². The minimum Gasteiger partial charge on any atom is -0.463 e. The fourth-order valence-electron chi connectivity index (χ4n) is 2.82. The maximum atomic E-state index is 12.6. The minimum atomic E-state index is -0.0523. The zero-order valence-corrected chi connectivity index (χ0v) is 12.0. The predicted molar refractivity (Wildman–Crippen MR) is 81.2 cm³/mol. The average molecular weight is 293 g/mol. The van der Waals surface area contributed by atoms with Crippen molar-refractivity contribution in [2.24, 2.45) is 0 Å². The van der Waals surface area contributed by atoms with Gasteiger partial charge < -0.3 is 9.32 Å². The zero-order valence-electron chi connectivity index (χ0n) is 12.0. The lowest BCUT2D eigenvalue weighted by Gasteiger charge is -2.28. The first-order chi connectivity index (χ1) is 10.8. The summed E-state index contributed by atoms with van der Waals surface area (Å²) in [5, 5.41) is 6.98. The maximum absolute atomic E-state index is 12.6. The molecule has 0 saturated carbocycles. The first kappa shape index (κ1) is 12.9. The van der Waals surface area contributed by atoms with Gasteiger partial charge >= 0.3 is 0 Å². The maximum Gasteiger partial charge on any atom is 0.274 e. The number of nitrogens with zero attached hydrogens (tertiary/aromatic N) is 2. The Hall–Kier alpha value is -2.82. The number of carbonyl (C=O) groups excluding carboxylic acids is 1. The molecule has 0 aliphatic carbocycles. The Balaban J connectivity index is 1.56. The molecule has 0 saturated heterocycles. The van der Waals surface area contributed by atoms with E-state index in [4.69, 9.17) is 4.42 Å². The SMILES string of the molecule is O=C(c1cc(-c2ccco2)[nH]n1)N1CCc2ccccc2C1. The lowest BCUT2D eigenvalue weighted by atomic mass is 10.00. The summed E-state index contributed by atoms with van der Waals surface area (Å²) in [7, 11) is 0. The highest BCUT2D eigenvalue weighted by atomic mass is 16.3. The van der Waals surface area contributed by atoms with E-state index in [1.54, 1.807) is 18.4 Å². The number of carbonyl (C=O) groups is 1. The average Bonchev–Trinajstić information content (AvgIpc) is 3.24. The summed E-state index contributed by atoms with van der Waals surface area (Å²) in [6.07, 6.45) is 2.48. The summed E-state index contributed by atoms with van der Waals surface area (Å²) in [6, 6.07) is 13.6. The number of aromatic nitrogens is 2. The summed E-state index contributed by atoms with van der Waals surface area (Å²) in [6.45, 7) is 1.36. The van der Waals surface area contributed by atoms with Crippen molar-refractivity contribution in [3.63, 3.8) is 0 Å². The Bertz CT molecular complexity index is 805. The van der Waals surface area contributed by atoms with E-state index >= 15 is 0 Å². The normalized spacial score (nSPS) is 13.9. The van der Waals surface area contributed by atoms with Crippen LogP contribution in [0.25, 0.3) is 11.5 Å². The number of furan rings is 1. The number of aromatic amines is 1. The second-order valence-electron chi connectivity index (χ2n) is 5.39. The highest BCUT2D eigenvalue weighted by Crippen LogP contribution is 2.22. The Morgan fingerprint density at radius 3 is 2.86 bits per heavy atom. The number of benzene rings is 1. The van der Waals surface area contributed by atoms with Crippen molar-refractivity contribution in [2.45, 2.75) is 13.0 Å². The summed E-state index contributed by atoms with van der Waals surface area (Å²) >= 11 is 0. The Labute approximate surface area is 127 Å². The van der Waals surface area contributed by atoms with Gasteiger partial charge in [-0.1, -0.05) is 24.3 Å². The second kappa shape index (κ2) is 5.18. The lowest BCUT2D eigenvalue weighted by Crippen LogP contribution is -2.36. The molecule has 4 rings (SSSR count). The van der Waals surface area contributed by atoms with Gasteiger partial charge in [0.05, 0.1) is 6.26 Å². The summed E-state index contributed by atoms with van der Waals surface area (Å²) in [5.41, 5.74) is 3.67. The number of nitrogens with one attached hydrogen (secondary N) is 1. The number of rotatable bonds is 2. The number of hydrogen-bond acceptors (Lipinski definition) is 3. The summed E-state index contributed by atoms with van der Waals surface area (Å²) in [5.74, 6) is 0.624. The van der Waals surface area contributed by atoms with E-state index in [9.17, 15) is 4.79 Å².